The van der Waals surface area contributed by atoms with Crippen molar-refractivity contribution < 1.29 is 4.79 Å². The summed E-state index contributed by atoms with van der Waals surface area (Å²) in [5.41, 5.74) is 1.09. The zero-order chi connectivity index (χ0) is 23.1. The van der Waals surface area contributed by atoms with Crippen molar-refractivity contribution >= 4 is 5.91 Å². The molecular formula is C30H51NO. The first-order chi connectivity index (χ1) is 15.2. The van der Waals surface area contributed by atoms with E-state index in [1.807, 2.05) is 0 Å². The predicted octanol–water partition coefficient (Wildman–Crippen LogP) is 7.78. The van der Waals surface area contributed by atoms with E-state index in [-0.39, 0.29) is 5.91 Å². The maximum absolute atomic E-state index is 11.9. The van der Waals surface area contributed by atoms with E-state index < -0.39 is 0 Å². The van der Waals surface area contributed by atoms with Crippen molar-refractivity contribution in [2.45, 2.75) is 118 Å². The van der Waals surface area contributed by atoms with Gasteiger partial charge < -0.3 is 5.32 Å². The van der Waals surface area contributed by atoms with Crippen LogP contribution in [0.2, 0.25) is 0 Å². The van der Waals surface area contributed by atoms with E-state index in [0.29, 0.717) is 16.9 Å². The van der Waals surface area contributed by atoms with E-state index in [0.717, 1.165) is 47.8 Å². The molecule has 0 unspecified atom stereocenters. The fourth-order valence-electron chi connectivity index (χ4n) is 9.67. The first-order valence-corrected chi connectivity index (χ1v) is 14.1. The van der Waals surface area contributed by atoms with Crippen LogP contribution in [0.4, 0.5) is 0 Å². The molecule has 0 aromatic heterocycles. The predicted molar refractivity (Wildman–Crippen MR) is 135 cm³/mol. The maximum atomic E-state index is 11.9. The molecule has 2 nitrogen and oxygen atoms in total. The van der Waals surface area contributed by atoms with Crippen molar-refractivity contribution in [1.82, 2.24) is 5.32 Å². The van der Waals surface area contributed by atoms with Crippen molar-refractivity contribution in [3.05, 3.63) is 12.7 Å². The van der Waals surface area contributed by atoms with Gasteiger partial charge in [0.15, 0.2) is 0 Å². The number of hydrogen-bond donors (Lipinski definition) is 1. The van der Waals surface area contributed by atoms with Gasteiger partial charge in [-0.3, -0.25) is 4.79 Å². The highest BCUT2D eigenvalue weighted by Crippen LogP contribution is 2.68. The maximum Gasteiger partial charge on any atom is 0.243 e. The van der Waals surface area contributed by atoms with Crippen LogP contribution in [0.15, 0.2) is 12.7 Å². The molecule has 4 saturated carbocycles. The lowest BCUT2D eigenvalue weighted by Crippen LogP contribution is -2.55. The summed E-state index contributed by atoms with van der Waals surface area (Å²) in [4.78, 5) is 11.9. The van der Waals surface area contributed by atoms with Gasteiger partial charge in [-0.1, -0.05) is 60.5 Å². The van der Waals surface area contributed by atoms with Gasteiger partial charge in [-0.2, -0.15) is 0 Å². The molecule has 4 aliphatic carbocycles. The first kappa shape index (κ1) is 24.3. The lowest BCUT2D eigenvalue weighted by Gasteiger charge is -2.61. The standard InChI is InChI=1S/C30H51NO/c1-7-28(32)31-23-15-17-29(5)22(19-23)11-12-24-26-14-13-25(21(4)10-8-9-20(2)3)30(26,6)18-16-27(24)29/h7,20-27H,1,8-19H2,2-6H3,(H,31,32)/t21-,22-,23-,24+,25-,26+,27+,29+,30-/m1/s1. The average Bonchev–Trinajstić information content (AvgIpc) is 3.11. The Balaban J connectivity index is 1.42. The van der Waals surface area contributed by atoms with Crippen LogP contribution in [0.1, 0.15) is 112 Å². The van der Waals surface area contributed by atoms with E-state index in [1.54, 1.807) is 0 Å². The van der Waals surface area contributed by atoms with Gasteiger partial charge in [0.05, 0.1) is 0 Å². The van der Waals surface area contributed by atoms with Gasteiger partial charge in [0, 0.05) is 6.04 Å². The minimum Gasteiger partial charge on any atom is -0.350 e. The van der Waals surface area contributed by atoms with E-state index in [9.17, 15) is 4.79 Å². The number of carbonyl (C=O) groups is 1. The minimum absolute atomic E-state index is 0.0141. The Labute approximate surface area is 198 Å². The lowest BCUT2D eigenvalue weighted by molar-refractivity contribution is -0.125. The topological polar surface area (TPSA) is 29.1 Å². The molecule has 1 amide bonds. The van der Waals surface area contributed by atoms with E-state index in [2.05, 4.69) is 46.5 Å². The second kappa shape index (κ2) is 9.46. The Morgan fingerprint density at radius 2 is 1.69 bits per heavy atom. The molecule has 9 atom stereocenters. The SMILES string of the molecule is C=CC(=O)N[C@@H]1CC[C@@]2(C)[C@H](CC[C@@H]3[C@@H]2CC[C@]2(C)[C@@H]([C@H](C)CCCC(C)C)CC[C@@H]32)C1. The second-order valence-electron chi connectivity index (χ2n) is 13.4. The number of fused-ring (bicyclic) bond motifs is 5. The quantitative estimate of drug-likeness (QED) is 0.401. The van der Waals surface area contributed by atoms with Crippen molar-refractivity contribution in [2.75, 3.05) is 0 Å². The fourth-order valence-corrected chi connectivity index (χ4v) is 9.67. The van der Waals surface area contributed by atoms with Gasteiger partial charge in [-0.25, -0.2) is 0 Å². The third-order valence-corrected chi connectivity index (χ3v) is 11.4. The highest BCUT2D eigenvalue weighted by molar-refractivity contribution is 5.87. The number of nitrogens with one attached hydrogen (secondary N) is 1. The Morgan fingerprint density at radius 3 is 2.41 bits per heavy atom. The van der Waals surface area contributed by atoms with Gasteiger partial charge >= 0.3 is 0 Å². The van der Waals surface area contributed by atoms with Crippen LogP contribution in [0.3, 0.4) is 0 Å². The monoisotopic (exact) mass is 441 g/mol. The summed E-state index contributed by atoms with van der Waals surface area (Å²) >= 11 is 0. The molecule has 4 rings (SSSR count). The molecule has 0 saturated heterocycles. The van der Waals surface area contributed by atoms with Crippen LogP contribution in [0.5, 0.6) is 0 Å². The molecule has 32 heavy (non-hydrogen) atoms. The molecule has 0 aliphatic heterocycles. The fraction of sp³-hybridized carbons (Fsp3) is 0.900. The molecule has 0 aromatic rings. The Hall–Kier alpha value is -0.790. The lowest BCUT2D eigenvalue weighted by atomic mass is 9.44. The number of amides is 1. The summed E-state index contributed by atoms with van der Waals surface area (Å²) in [6.07, 6.45) is 18.1. The van der Waals surface area contributed by atoms with E-state index in [4.69, 9.17) is 0 Å². The van der Waals surface area contributed by atoms with Crippen molar-refractivity contribution in [2.24, 2.45) is 52.3 Å². The Bertz CT molecular complexity index is 684. The number of rotatable bonds is 7. The zero-order valence-corrected chi connectivity index (χ0v) is 21.8. The van der Waals surface area contributed by atoms with E-state index in [1.165, 1.54) is 76.7 Å². The summed E-state index contributed by atoms with van der Waals surface area (Å²) in [7, 11) is 0. The van der Waals surface area contributed by atoms with Crippen molar-refractivity contribution in [3.8, 4) is 0 Å². The smallest absolute Gasteiger partial charge is 0.243 e. The van der Waals surface area contributed by atoms with Crippen LogP contribution < -0.4 is 5.32 Å². The van der Waals surface area contributed by atoms with E-state index >= 15 is 0 Å². The molecule has 0 radical (unpaired) electrons. The van der Waals surface area contributed by atoms with Gasteiger partial charge in [-0.15, -0.1) is 0 Å². The molecule has 2 heteroatoms. The molecule has 1 N–H and O–H groups in total. The van der Waals surface area contributed by atoms with Gasteiger partial charge in [0.2, 0.25) is 5.91 Å². The highest BCUT2D eigenvalue weighted by Gasteiger charge is 2.60. The third kappa shape index (κ3) is 4.34. The molecule has 0 aromatic carbocycles. The summed E-state index contributed by atoms with van der Waals surface area (Å²) in [5.74, 6) is 6.36. The summed E-state index contributed by atoms with van der Waals surface area (Å²) in [6.45, 7) is 16.3. The summed E-state index contributed by atoms with van der Waals surface area (Å²) in [6, 6.07) is 0.367. The van der Waals surface area contributed by atoms with Gasteiger partial charge in [0.25, 0.3) is 0 Å². The van der Waals surface area contributed by atoms with Gasteiger partial charge in [0.1, 0.15) is 0 Å². The van der Waals surface area contributed by atoms with Crippen molar-refractivity contribution in [3.63, 3.8) is 0 Å². The summed E-state index contributed by atoms with van der Waals surface area (Å²) in [5, 5.41) is 3.22. The molecule has 4 fully saturated rings. The molecule has 0 heterocycles. The van der Waals surface area contributed by atoms with Crippen LogP contribution in [0, 0.1) is 52.3 Å². The first-order valence-electron chi connectivity index (χ1n) is 14.1. The normalized spacial score (nSPS) is 44.3. The van der Waals surface area contributed by atoms with Gasteiger partial charge in [-0.05, 0) is 116 Å². The molecule has 0 bridgehead atoms. The largest absolute Gasteiger partial charge is 0.350 e. The van der Waals surface area contributed by atoms with Crippen LogP contribution >= 0.6 is 0 Å². The number of hydrogen-bond acceptors (Lipinski definition) is 1. The Kier molecular flexibility index (Phi) is 7.19. The van der Waals surface area contributed by atoms with Crippen molar-refractivity contribution in [1.29, 1.82) is 0 Å². The average molecular weight is 442 g/mol. The number of carbonyl (C=O) groups excluding carboxylic acids is 1. The second-order valence-corrected chi connectivity index (χ2v) is 13.4. The molecule has 182 valence electrons. The summed E-state index contributed by atoms with van der Waals surface area (Å²) < 4.78 is 0. The molecular weight excluding hydrogens is 390 g/mol. The minimum atomic E-state index is 0.0141. The zero-order valence-electron chi connectivity index (χ0n) is 21.8. The molecule has 4 aliphatic rings. The third-order valence-electron chi connectivity index (χ3n) is 11.4. The van der Waals surface area contributed by atoms with Crippen LogP contribution in [-0.2, 0) is 4.79 Å². The Morgan fingerprint density at radius 1 is 0.969 bits per heavy atom. The highest BCUT2D eigenvalue weighted by atomic mass is 16.1. The van der Waals surface area contributed by atoms with Crippen LogP contribution in [-0.4, -0.2) is 11.9 Å². The molecule has 0 spiro atoms. The van der Waals surface area contributed by atoms with Crippen LogP contribution in [0.25, 0.3) is 0 Å².